The number of hydrogen-bond donors (Lipinski definition) is 0. The molecule has 0 spiro atoms. The fourth-order valence-electron chi connectivity index (χ4n) is 0.678. The largest absolute Gasteiger partial charge is 0.256 e. The third-order valence-electron chi connectivity index (χ3n) is 1.14. The summed E-state index contributed by atoms with van der Waals surface area (Å²) in [5.41, 5.74) is 2.35. The highest BCUT2D eigenvalue weighted by Gasteiger charge is 1.92. The molecule has 0 saturated heterocycles. The van der Waals surface area contributed by atoms with Gasteiger partial charge >= 0.3 is 0 Å². The normalized spacial score (nSPS) is 9.80. The fraction of sp³-hybridized carbons (Fsp3) is 0.286. The Kier molecular flexibility index (Phi) is 3.90. The number of aromatic nitrogens is 1. The molecule has 1 heterocycles. The van der Waals surface area contributed by atoms with E-state index in [-0.39, 0.29) is 0 Å². The molecule has 0 bridgehead atoms. The summed E-state index contributed by atoms with van der Waals surface area (Å²) in [5.74, 6) is 0. The SMILES string of the molecule is ICc1cccc(CI)n1. The Morgan fingerprint density at radius 2 is 1.60 bits per heavy atom. The lowest BCUT2D eigenvalue weighted by atomic mass is 10.3. The van der Waals surface area contributed by atoms with Crippen molar-refractivity contribution in [1.82, 2.24) is 4.98 Å². The smallest absolute Gasteiger partial charge is 0.0504 e. The summed E-state index contributed by atoms with van der Waals surface area (Å²) < 4.78 is 2.00. The van der Waals surface area contributed by atoms with Crippen LogP contribution >= 0.6 is 45.2 Å². The summed E-state index contributed by atoms with van der Waals surface area (Å²) in [7, 11) is 0. The zero-order valence-corrected chi connectivity index (χ0v) is 9.66. The molecule has 0 aliphatic carbocycles. The molecule has 0 unspecified atom stereocenters. The Morgan fingerprint density at radius 1 is 1.10 bits per heavy atom. The molecule has 10 heavy (non-hydrogen) atoms. The Bertz CT molecular complexity index is 193. The van der Waals surface area contributed by atoms with Gasteiger partial charge in [0, 0.05) is 8.86 Å². The van der Waals surface area contributed by atoms with E-state index >= 15 is 0 Å². The van der Waals surface area contributed by atoms with Gasteiger partial charge in [0.25, 0.3) is 0 Å². The zero-order valence-electron chi connectivity index (χ0n) is 5.35. The molecule has 1 rings (SSSR count). The van der Waals surface area contributed by atoms with Gasteiger partial charge in [-0.3, -0.25) is 4.98 Å². The predicted molar refractivity (Wildman–Crippen MR) is 59.7 cm³/mol. The van der Waals surface area contributed by atoms with E-state index in [4.69, 9.17) is 0 Å². The Labute approximate surface area is 87.9 Å². The molecular weight excluding hydrogens is 352 g/mol. The van der Waals surface area contributed by atoms with Gasteiger partial charge in [0.2, 0.25) is 0 Å². The first kappa shape index (κ1) is 8.70. The highest BCUT2D eigenvalue weighted by Crippen LogP contribution is 2.06. The van der Waals surface area contributed by atoms with E-state index in [0.717, 1.165) is 8.86 Å². The van der Waals surface area contributed by atoms with Crippen LogP contribution in [-0.2, 0) is 8.86 Å². The molecule has 1 nitrogen and oxygen atoms in total. The molecule has 0 aliphatic heterocycles. The van der Waals surface area contributed by atoms with E-state index in [0.29, 0.717) is 0 Å². The van der Waals surface area contributed by atoms with Gasteiger partial charge in [0.15, 0.2) is 0 Å². The van der Waals surface area contributed by atoms with E-state index in [1.165, 1.54) is 11.4 Å². The molecule has 0 aromatic carbocycles. The first-order valence-corrected chi connectivity index (χ1v) is 5.98. The first-order valence-electron chi connectivity index (χ1n) is 2.93. The maximum atomic E-state index is 4.39. The average molecular weight is 359 g/mol. The van der Waals surface area contributed by atoms with Crippen molar-refractivity contribution in [2.24, 2.45) is 0 Å². The van der Waals surface area contributed by atoms with Crippen LogP contribution in [0.25, 0.3) is 0 Å². The topological polar surface area (TPSA) is 12.9 Å². The van der Waals surface area contributed by atoms with Crippen molar-refractivity contribution in [3.63, 3.8) is 0 Å². The number of halogens is 2. The molecule has 1 aromatic rings. The van der Waals surface area contributed by atoms with Crippen LogP contribution in [0.1, 0.15) is 11.4 Å². The molecule has 3 heteroatoms. The number of rotatable bonds is 2. The number of alkyl halides is 2. The number of hydrogen-bond acceptors (Lipinski definition) is 1. The molecule has 0 aliphatic rings. The summed E-state index contributed by atoms with van der Waals surface area (Å²) in [6, 6.07) is 6.18. The van der Waals surface area contributed by atoms with Crippen molar-refractivity contribution in [2.45, 2.75) is 8.86 Å². The number of nitrogens with zero attached hydrogens (tertiary/aromatic N) is 1. The Morgan fingerprint density at radius 3 is 2.00 bits per heavy atom. The molecule has 1 aromatic heterocycles. The van der Waals surface area contributed by atoms with E-state index in [1.807, 2.05) is 0 Å². The summed E-state index contributed by atoms with van der Waals surface area (Å²) >= 11 is 4.64. The Hall–Kier alpha value is 0.610. The summed E-state index contributed by atoms with van der Waals surface area (Å²) in [6.07, 6.45) is 0. The van der Waals surface area contributed by atoms with Crippen LogP contribution in [0.2, 0.25) is 0 Å². The van der Waals surface area contributed by atoms with Crippen LogP contribution in [0, 0.1) is 0 Å². The monoisotopic (exact) mass is 359 g/mol. The van der Waals surface area contributed by atoms with Gasteiger partial charge in [-0.2, -0.15) is 0 Å². The summed E-state index contributed by atoms with van der Waals surface area (Å²) in [6.45, 7) is 0. The third kappa shape index (κ3) is 2.34. The molecule has 0 fully saturated rings. The molecular formula is C7H7I2N. The minimum atomic E-state index is 1.00. The minimum Gasteiger partial charge on any atom is -0.256 e. The molecule has 0 saturated carbocycles. The number of pyridine rings is 1. The predicted octanol–water partition coefficient (Wildman–Crippen LogP) is 2.95. The molecule has 54 valence electrons. The maximum absolute atomic E-state index is 4.39. The van der Waals surface area contributed by atoms with E-state index in [1.54, 1.807) is 0 Å². The highest BCUT2D eigenvalue weighted by molar-refractivity contribution is 14.1. The van der Waals surface area contributed by atoms with Crippen LogP contribution in [0.3, 0.4) is 0 Å². The summed E-state index contributed by atoms with van der Waals surface area (Å²) in [4.78, 5) is 4.39. The quantitative estimate of drug-likeness (QED) is 0.585. The summed E-state index contributed by atoms with van der Waals surface area (Å²) in [5, 5.41) is 0. The van der Waals surface area contributed by atoms with Gasteiger partial charge in [-0.05, 0) is 12.1 Å². The van der Waals surface area contributed by atoms with Crippen molar-refractivity contribution < 1.29 is 0 Å². The first-order chi connectivity index (χ1) is 4.86. The van der Waals surface area contributed by atoms with Crippen molar-refractivity contribution in [2.75, 3.05) is 0 Å². The lowest BCUT2D eigenvalue weighted by Crippen LogP contribution is -1.88. The van der Waals surface area contributed by atoms with E-state index < -0.39 is 0 Å². The average Bonchev–Trinajstić information content (AvgIpc) is 2.05. The van der Waals surface area contributed by atoms with Gasteiger partial charge < -0.3 is 0 Å². The maximum Gasteiger partial charge on any atom is 0.0504 e. The van der Waals surface area contributed by atoms with Crippen molar-refractivity contribution in [3.8, 4) is 0 Å². The van der Waals surface area contributed by atoms with Gasteiger partial charge in [-0.1, -0.05) is 51.2 Å². The third-order valence-corrected chi connectivity index (χ3v) is 2.70. The molecule has 0 atom stereocenters. The van der Waals surface area contributed by atoms with Crippen LogP contribution in [0.5, 0.6) is 0 Å². The standard InChI is InChI=1S/C7H7I2N/c8-4-6-2-1-3-7(5-9)10-6/h1-3H,4-5H2. The van der Waals surface area contributed by atoms with Gasteiger partial charge in [0.05, 0.1) is 11.4 Å². The van der Waals surface area contributed by atoms with Gasteiger partial charge in [-0.15, -0.1) is 0 Å². The van der Waals surface area contributed by atoms with Gasteiger partial charge in [-0.25, -0.2) is 0 Å². The lowest BCUT2D eigenvalue weighted by molar-refractivity contribution is 1.11. The molecule has 0 N–H and O–H groups in total. The second-order valence-electron chi connectivity index (χ2n) is 1.89. The second kappa shape index (κ2) is 4.48. The second-order valence-corrected chi connectivity index (χ2v) is 3.41. The molecule has 0 radical (unpaired) electrons. The highest BCUT2D eigenvalue weighted by atomic mass is 127. The van der Waals surface area contributed by atoms with Crippen LogP contribution in [0.4, 0.5) is 0 Å². The van der Waals surface area contributed by atoms with E-state index in [2.05, 4.69) is 68.4 Å². The van der Waals surface area contributed by atoms with Crippen molar-refractivity contribution >= 4 is 45.2 Å². The van der Waals surface area contributed by atoms with Crippen molar-refractivity contribution in [1.29, 1.82) is 0 Å². The Balaban J connectivity index is 2.87. The van der Waals surface area contributed by atoms with Crippen LogP contribution < -0.4 is 0 Å². The zero-order chi connectivity index (χ0) is 7.40. The van der Waals surface area contributed by atoms with Crippen LogP contribution in [-0.4, -0.2) is 4.98 Å². The van der Waals surface area contributed by atoms with Crippen molar-refractivity contribution in [3.05, 3.63) is 29.6 Å². The van der Waals surface area contributed by atoms with Gasteiger partial charge in [0.1, 0.15) is 0 Å². The minimum absolute atomic E-state index is 1.00. The van der Waals surface area contributed by atoms with E-state index in [9.17, 15) is 0 Å². The fourth-order valence-corrected chi connectivity index (χ4v) is 1.53. The lowest BCUT2D eigenvalue weighted by Gasteiger charge is -1.96. The molecule has 0 amide bonds. The van der Waals surface area contributed by atoms with Crippen LogP contribution in [0.15, 0.2) is 18.2 Å².